The number of nitrogens with zero attached hydrogens (tertiary/aromatic N) is 1. The third-order valence-electron chi connectivity index (χ3n) is 3.24. The number of nitrogens with one attached hydrogen (secondary N) is 1. The minimum atomic E-state index is 0.700. The number of benzene rings is 1. The van der Waals surface area contributed by atoms with E-state index in [2.05, 4.69) is 29.8 Å². The second-order valence-corrected chi connectivity index (χ2v) is 5.88. The predicted molar refractivity (Wildman–Crippen MR) is 90.2 cm³/mol. The van der Waals surface area contributed by atoms with E-state index in [1.807, 2.05) is 19.1 Å². The van der Waals surface area contributed by atoms with E-state index in [1.165, 1.54) is 17.8 Å². The first-order valence-corrected chi connectivity index (χ1v) is 8.59. The lowest BCUT2D eigenvalue weighted by molar-refractivity contribution is 0.340. The van der Waals surface area contributed by atoms with Crippen LogP contribution in [0.3, 0.4) is 0 Å². The molecule has 0 fully saturated rings. The van der Waals surface area contributed by atoms with E-state index >= 15 is 0 Å². The standard InChI is InChI=1S/C17H24N2OS/c1-3-5-11-18-12-10-17-19-16(13-21-17)14-6-8-15(9-7-14)20-4-2/h6-9,13,18H,3-5,10-12H2,1-2H3. The molecule has 0 atom stereocenters. The van der Waals surface area contributed by atoms with Crippen LogP contribution in [-0.2, 0) is 6.42 Å². The average Bonchev–Trinajstić information content (AvgIpc) is 2.97. The summed E-state index contributed by atoms with van der Waals surface area (Å²) < 4.78 is 5.46. The van der Waals surface area contributed by atoms with Crippen molar-refractivity contribution in [2.45, 2.75) is 33.1 Å². The van der Waals surface area contributed by atoms with Gasteiger partial charge in [0.05, 0.1) is 17.3 Å². The fourth-order valence-corrected chi connectivity index (χ4v) is 2.88. The first-order chi connectivity index (χ1) is 10.3. The summed E-state index contributed by atoms with van der Waals surface area (Å²) in [5.41, 5.74) is 2.21. The van der Waals surface area contributed by atoms with Gasteiger partial charge < -0.3 is 10.1 Å². The lowest BCUT2D eigenvalue weighted by Gasteiger charge is -2.03. The Morgan fingerprint density at radius 3 is 2.67 bits per heavy atom. The summed E-state index contributed by atoms with van der Waals surface area (Å²) in [6.45, 7) is 7.02. The van der Waals surface area contributed by atoms with Gasteiger partial charge in [-0.1, -0.05) is 13.3 Å². The number of unbranched alkanes of at least 4 members (excludes halogenated alkanes) is 1. The van der Waals surface area contributed by atoms with Crippen molar-refractivity contribution >= 4 is 11.3 Å². The zero-order valence-electron chi connectivity index (χ0n) is 12.9. The van der Waals surface area contributed by atoms with Gasteiger partial charge in [-0.05, 0) is 44.2 Å². The highest BCUT2D eigenvalue weighted by Crippen LogP contribution is 2.24. The number of hydrogen-bond donors (Lipinski definition) is 1. The number of rotatable bonds is 9. The fraction of sp³-hybridized carbons (Fsp3) is 0.471. The highest BCUT2D eigenvalue weighted by Gasteiger charge is 2.04. The molecule has 0 aliphatic rings. The maximum Gasteiger partial charge on any atom is 0.119 e. The van der Waals surface area contributed by atoms with E-state index in [0.717, 1.165) is 36.5 Å². The summed E-state index contributed by atoms with van der Waals surface area (Å²) in [6.07, 6.45) is 3.49. The molecule has 0 saturated carbocycles. The van der Waals surface area contributed by atoms with Gasteiger partial charge in [0.2, 0.25) is 0 Å². The Morgan fingerprint density at radius 1 is 1.14 bits per heavy atom. The van der Waals surface area contributed by atoms with Gasteiger partial charge in [0.25, 0.3) is 0 Å². The normalized spacial score (nSPS) is 10.8. The smallest absolute Gasteiger partial charge is 0.119 e. The highest BCUT2D eigenvalue weighted by molar-refractivity contribution is 7.09. The number of ether oxygens (including phenoxy) is 1. The lowest BCUT2D eigenvalue weighted by atomic mass is 10.2. The quantitative estimate of drug-likeness (QED) is 0.707. The summed E-state index contributed by atoms with van der Waals surface area (Å²) in [4.78, 5) is 4.71. The Kier molecular flexibility index (Phi) is 6.70. The minimum absolute atomic E-state index is 0.700. The molecule has 0 spiro atoms. The van der Waals surface area contributed by atoms with Gasteiger partial charge >= 0.3 is 0 Å². The first kappa shape index (κ1) is 16.0. The molecule has 0 radical (unpaired) electrons. The minimum Gasteiger partial charge on any atom is -0.494 e. The van der Waals surface area contributed by atoms with Crippen LogP contribution in [0.4, 0.5) is 0 Å². The number of thiazole rings is 1. The van der Waals surface area contributed by atoms with E-state index in [1.54, 1.807) is 11.3 Å². The molecule has 1 N–H and O–H groups in total. The van der Waals surface area contributed by atoms with E-state index in [9.17, 15) is 0 Å². The van der Waals surface area contributed by atoms with Crippen LogP contribution < -0.4 is 10.1 Å². The third-order valence-corrected chi connectivity index (χ3v) is 4.14. The zero-order valence-corrected chi connectivity index (χ0v) is 13.7. The van der Waals surface area contributed by atoms with Crippen LogP contribution in [0.5, 0.6) is 5.75 Å². The Labute approximate surface area is 131 Å². The molecule has 0 saturated heterocycles. The molecule has 1 heterocycles. The van der Waals surface area contributed by atoms with Gasteiger partial charge in [0.1, 0.15) is 5.75 Å². The SMILES string of the molecule is CCCCNCCc1nc(-c2ccc(OCC)cc2)cs1. The Balaban J connectivity index is 1.87. The molecule has 1 aromatic heterocycles. The van der Waals surface area contributed by atoms with E-state index in [4.69, 9.17) is 9.72 Å². The predicted octanol–water partition coefficient (Wildman–Crippen LogP) is 4.14. The summed E-state index contributed by atoms with van der Waals surface area (Å²) in [6, 6.07) is 8.15. The molecule has 2 aromatic rings. The van der Waals surface area contributed by atoms with Crippen LogP contribution in [0.1, 0.15) is 31.7 Å². The van der Waals surface area contributed by atoms with Crippen LogP contribution in [0.25, 0.3) is 11.3 Å². The molecule has 2 rings (SSSR count). The van der Waals surface area contributed by atoms with Crippen molar-refractivity contribution in [3.8, 4) is 17.0 Å². The monoisotopic (exact) mass is 304 g/mol. The van der Waals surface area contributed by atoms with Crippen molar-refractivity contribution in [1.82, 2.24) is 10.3 Å². The van der Waals surface area contributed by atoms with Crippen molar-refractivity contribution in [1.29, 1.82) is 0 Å². The van der Waals surface area contributed by atoms with Crippen LogP contribution in [0.2, 0.25) is 0 Å². The van der Waals surface area contributed by atoms with Crippen LogP contribution in [0.15, 0.2) is 29.6 Å². The van der Waals surface area contributed by atoms with E-state index in [-0.39, 0.29) is 0 Å². The molecule has 0 unspecified atom stereocenters. The summed E-state index contributed by atoms with van der Waals surface area (Å²) in [5, 5.41) is 6.79. The second kappa shape index (κ2) is 8.80. The highest BCUT2D eigenvalue weighted by atomic mass is 32.1. The summed E-state index contributed by atoms with van der Waals surface area (Å²) in [5.74, 6) is 0.914. The molecule has 0 bridgehead atoms. The van der Waals surface area contributed by atoms with Crippen molar-refractivity contribution < 1.29 is 4.74 Å². The average molecular weight is 304 g/mol. The molecule has 0 aliphatic carbocycles. The van der Waals surface area contributed by atoms with Gasteiger partial charge in [-0.2, -0.15) is 0 Å². The Hall–Kier alpha value is -1.39. The van der Waals surface area contributed by atoms with E-state index in [0.29, 0.717) is 6.61 Å². The Morgan fingerprint density at radius 2 is 1.95 bits per heavy atom. The largest absolute Gasteiger partial charge is 0.494 e. The summed E-state index contributed by atoms with van der Waals surface area (Å²) in [7, 11) is 0. The van der Waals surface area contributed by atoms with Crippen molar-refractivity contribution in [2.24, 2.45) is 0 Å². The molecule has 21 heavy (non-hydrogen) atoms. The van der Waals surface area contributed by atoms with Gasteiger partial charge in [0, 0.05) is 23.9 Å². The van der Waals surface area contributed by atoms with Crippen molar-refractivity contribution in [3.63, 3.8) is 0 Å². The van der Waals surface area contributed by atoms with Crippen LogP contribution in [-0.4, -0.2) is 24.7 Å². The van der Waals surface area contributed by atoms with Crippen molar-refractivity contribution in [2.75, 3.05) is 19.7 Å². The van der Waals surface area contributed by atoms with Gasteiger partial charge in [-0.3, -0.25) is 0 Å². The molecule has 3 nitrogen and oxygen atoms in total. The third kappa shape index (κ3) is 5.14. The fourth-order valence-electron chi connectivity index (χ4n) is 2.07. The molecule has 114 valence electrons. The van der Waals surface area contributed by atoms with Crippen LogP contribution in [0, 0.1) is 0 Å². The van der Waals surface area contributed by atoms with Gasteiger partial charge in [-0.25, -0.2) is 4.98 Å². The van der Waals surface area contributed by atoms with Gasteiger partial charge in [-0.15, -0.1) is 11.3 Å². The number of hydrogen-bond acceptors (Lipinski definition) is 4. The molecular weight excluding hydrogens is 280 g/mol. The first-order valence-electron chi connectivity index (χ1n) is 7.71. The topological polar surface area (TPSA) is 34.2 Å². The van der Waals surface area contributed by atoms with Gasteiger partial charge in [0.15, 0.2) is 0 Å². The van der Waals surface area contributed by atoms with Crippen molar-refractivity contribution in [3.05, 3.63) is 34.7 Å². The van der Waals surface area contributed by atoms with E-state index < -0.39 is 0 Å². The Bertz CT molecular complexity index is 522. The maximum atomic E-state index is 5.46. The lowest BCUT2D eigenvalue weighted by Crippen LogP contribution is -2.18. The molecule has 0 aliphatic heterocycles. The maximum absolute atomic E-state index is 5.46. The second-order valence-electron chi connectivity index (χ2n) is 4.94. The van der Waals surface area contributed by atoms with Crippen LogP contribution >= 0.6 is 11.3 Å². The molecule has 4 heteroatoms. The summed E-state index contributed by atoms with van der Waals surface area (Å²) >= 11 is 1.74. The molecule has 0 amide bonds. The number of aromatic nitrogens is 1. The molecular formula is C17H24N2OS. The zero-order chi connectivity index (χ0) is 14.9. The molecule has 1 aromatic carbocycles.